The van der Waals surface area contributed by atoms with Crippen molar-refractivity contribution in [3.8, 4) is 0 Å². The number of carboxylic acids is 1. The van der Waals surface area contributed by atoms with Gasteiger partial charge in [-0.15, -0.1) is 0 Å². The van der Waals surface area contributed by atoms with E-state index in [1.807, 2.05) is 0 Å². The summed E-state index contributed by atoms with van der Waals surface area (Å²) in [5.74, 6) is -0.913. The normalized spacial score (nSPS) is 26.6. The lowest BCUT2D eigenvalue weighted by molar-refractivity contribution is 0.0697. The highest BCUT2D eigenvalue weighted by Gasteiger charge is 2.36. The molecule has 0 bridgehead atoms. The number of piperazine rings is 1. The molecule has 0 aliphatic carbocycles. The van der Waals surface area contributed by atoms with Gasteiger partial charge in [-0.05, 0) is 38.4 Å². The fraction of sp³-hybridized carbons (Fsp3) is 0.533. The van der Waals surface area contributed by atoms with Crippen molar-refractivity contribution in [2.45, 2.75) is 31.8 Å². The van der Waals surface area contributed by atoms with Gasteiger partial charge < -0.3 is 10.0 Å². The van der Waals surface area contributed by atoms with E-state index in [2.05, 4.69) is 16.7 Å². The predicted octanol–water partition coefficient (Wildman–Crippen LogP) is 2.71. The van der Waals surface area contributed by atoms with Crippen molar-refractivity contribution in [1.82, 2.24) is 4.90 Å². The van der Waals surface area contributed by atoms with Crippen molar-refractivity contribution >= 4 is 23.3 Å². The number of halogens is 1. The van der Waals surface area contributed by atoms with Gasteiger partial charge in [0.25, 0.3) is 0 Å². The summed E-state index contributed by atoms with van der Waals surface area (Å²) in [5, 5.41) is 9.93. The third-order valence-electron chi connectivity index (χ3n) is 4.44. The molecule has 2 aliphatic rings. The molecule has 2 heterocycles. The van der Waals surface area contributed by atoms with Crippen LogP contribution in [-0.2, 0) is 0 Å². The summed E-state index contributed by atoms with van der Waals surface area (Å²) in [7, 11) is 0. The molecular formula is C15H19ClN2O2. The number of anilines is 1. The molecule has 2 aliphatic heterocycles. The van der Waals surface area contributed by atoms with Crippen LogP contribution in [0, 0.1) is 0 Å². The fourth-order valence-corrected chi connectivity index (χ4v) is 3.76. The van der Waals surface area contributed by atoms with Crippen LogP contribution in [0.3, 0.4) is 0 Å². The van der Waals surface area contributed by atoms with Crippen molar-refractivity contribution in [3.63, 3.8) is 0 Å². The average molecular weight is 295 g/mol. The third-order valence-corrected chi connectivity index (χ3v) is 4.75. The molecule has 0 radical (unpaired) electrons. The van der Waals surface area contributed by atoms with Crippen LogP contribution in [0.25, 0.3) is 0 Å². The van der Waals surface area contributed by atoms with Gasteiger partial charge >= 0.3 is 5.97 Å². The van der Waals surface area contributed by atoms with E-state index in [0.29, 0.717) is 22.3 Å². The summed E-state index contributed by atoms with van der Waals surface area (Å²) in [4.78, 5) is 16.1. The highest BCUT2D eigenvalue weighted by molar-refractivity contribution is 6.34. The molecule has 0 spiro atoms. The molecule has 0 aromatic heterocycles. The van der Waals surface area contributed by atoms with Crippen molar-refractivity contribution < 1.29 is 9.90 Å². The topological polar surface area (TPSA) is 43.8 Å². The van der Waals surface area contributed by atoms with Crippen LogP contribution in [0.4, 0.5) is 5.69 Å². The Morgan fingerprint density at radius 1 is 1.40 bits per heavy atom. The van der Waals surface area contributed by atoms with Crippen molar-refractivity contribution in [3.05, 3.63) is 28.8 Å². The van der Waals surface area contributed by atoms with Gasteiger partial charge in [-0.2, -0.15) is 0 Å². The Morgan fingerprint density at radius 2 is 2.20 bits per heavy atom. The van der Waals surface area contributed by atoms with Gasteiger partial charge in [-0.3, -0.25) is 4.90 Å². The largest absolute Gasteiger partial charge is 0.478 e. The Morgan fingerprint density at radius 3 is 2.95 bits per heavy atom. The number of hydrogen-bond acceptors (Lipinski definition) is 3. The van der Waals surface area contributed by atoms with Crippen LogP contribution < -0.4 is 4.90 Å². The molecule has 0 saturated carbocycles. The molecule has 3 rings (SSSR count). The van der Waals surface area contributed by atoms with Crippen molar-refractivity contribution in [1.29, 1.82) is 0 Å². The number of carbonyl (C=O) groups is 1. The highest BCUT2D eigenvalue weighted by atomic mass is 35.5. The van der Waals surface area contributed by atoms with Crippen LogP contribution in [-0.4, -0.2) is 47.7 Å². The Labute approximate surface area is 123 Å². The predicted molar refractivity (Wildman–Crippen MR) is 79.8 cm³/mol. The zero-order valence-corrected chi connectivity index (χ0v) is 12.3. The number of fused-ring (bicyclic) bond motifs is 1. The van der Waals surface area contributed by atoms with E-state index in [-0.39, 0.29) is 6.04 Å². The first-order valence-corrected chi connectivity index (χ1v) is 7.48. The zero-order chi connectivity index (χ0) is 14.3. The summed E-state index contributed by atoms with van der Waals surface area (Å²) in [5.41, 5.74) is 0.983. The van der Waals surface area contributed by atoms with Crippen molar-refractivity contribution in [2.75, 3.05) is 24.5 Å². The molecular weight excluding hydrogens is 276 g/mol. The minimum Gasteiger partial charge on any atom is -0.478 e. The molecule has 2 fully saturated rings. The van der Waals surface area contributed by atoms with Crippen LogP contribution >= 0.6 is 11.6 Å². The molecule has 0 amide bonds. The quantitative estimate of drug-likeness (QED) is 0.911. The maximum absolute atomic E-state index is 11.5. The van der Waals surface area contributed by atoms with Crippen LogP contribution in [0.5, 0.6) is 0 Å². The first-order valence-electron chi connectivity index (χ1n) is 7.10. The molecule has 20 heavy (non-hydrogen) atoms. The van der Waals surface area contributed by atoms with E-state index < -0.39 is 5.97 Å². The average Bonchev–Trinajstić information content (AvgIpc) is 2.84. The molecule has 4 nitrogen and oxygen atoms in total. The maximum Gasteiger partial charge on any atom is 0.337 e. The maximum atomic E-state index is 11.5. The summed E-state index contributed by atoms with van der Waals surface area (Å²) >= 11 is 6.30. The molecule has 5 heteroatoms. The van der Waals surface area contributed by atoms with Crippen molar-refractivity contribution in [2.24, 2.45) is 0 Å². The number of benzene rings is 1. The van der Waals surface area contributed by atoms with Crippen LogP contribution in [0.15, 0.2) is 18.2 Å². The zero-order valence-electron chi connectivity index (χ0n) is 11.6. The van der Waals surface area contributed by atoms with Crippen LogP contribution in [0.1, 0.15) is 30.1 Å². The van der Waals surface area contributed by atoms with Gasteiger partial charge in [0.1, 0.15) is 0 Å². The minimum atomic E-state index is -0.913. The Kier molecular flexibility index (Phi) is 3.61. The molecule has 1 aromatic rings. The van der Waals surface area contributed by atoms with Crippen LogP contribution in [0.2, 0.25) is 5.02 Å². The van der Waals surface area contributed by atoms with Gasteiger partial charge in [-0.25, -0.2) is 4.79 Å². The van der Waals surface area contributed by atoms with E-state index in [1.165, 1.54) is 12.8 Å². The van der Waals surface area contributed by atoms with E-state index in [1.54, 1.807) is 18.2 Å². The first-order chi connectivity index (χ1) is 9.58. The number of aromatic carboxylic acids is 1. The molecule has 2 atom stereocenters. The van der Waals surface area contributed by atoms with Gasteiger partial charge in [0.2, 0.25) is 0 Å². The van der Waals surface area contributed by atoms with E-state index >= 15 is 0 Å². The third kappa shape index (κ3) is 2.27. The summed E-state index contributed by atoms with van der Waals surface area (Å²) in [6.07, 6.45) is 2.43. The highest BCUT2D eigenvalue weighted by Crippen LogP contribution is 2.35. The second kappa shape index (κ2) is 5.26. The van der Waals surface area contributed by atoms with Gasteiger partial charge in [0.15, 0.2) is 0 Å². The number of rotatable bonds is 2. The molecule has 1 aromatic carbocycles. The number of hydrogen-bond donors (Lipinski definition) is 1. The molecule has 108 valence electrons. The van der Waals surface area contributed by atoms with E-state index in [9.17, 15) is 9.90 Å². The standard InChI is InChI=1S/C15H19ClN2O2/c1-10-8-17-7-3-4-11(17)9-18(10)14-12(15(19)20)5-2-6-13(14)16/h2,5-6,10-11H,3-4,7-9H2,1H3,(H,19,20). The lowest BCUT2D eigenvalue weighted by Crippen LogP contribution is -2.55. The smallest absolute Gasteiger partial charge is 0.337 e. The van der Waals surface area contributed by atoms with E-state index in [0.717, 1.165) is 19.6 Å². The minimum absolute atomic E-state index is 0.280. The van der Waals surface area contributed by atoms with Gasteiger partial charge in [-0.1, -0.05) is 17.7 Å². The second-order valence-electron chi connectivity index (χ2n) is 5.73. The monoisotopic (exact) mass is 294 g/mol. The lowest BCUT2D eigenvalue weighted by Gasteiger charge is -2.44. The van der Waals surface area contributed by atoms with Gasteiger partial charge in [0.05, 0.1) is 16.3 Å². The summed E-state index contributed by atoms with van der Waals surface area (Å²) in [6, 6.07) is 5.92. The first kappa shape index (κ1) is 13.7. The number of carboxylic acid groups (broad SMARTS) is 1. The fourth-order valence-electron chi connectivity index (χ4n) is 3.48. The summed E-state index contributed by atoms with van der Waals surface area (Å²) < 4.78 is 0. The van der Waals surface area contributed by atoms with E-state index in [4.69, 9.17) is 11.6 Å². The SMILES string of the molecule is CC1CN2CCCC2CN1c1c(Cl)cccc1C(=O)O. The Balaban J connectivity index is 1.97. The Bertz CT molecular complexity index is 535. The molecule has 2 unspecified atom stereocenters. The molecule has 1 N–H and O–H groups in total. The molecule has 2 saturated heterocycles. The second-order valence-corrected chi connectivity index (χ2v) is 6.14. The Hall–Kier alpha value is -1.26. The number of nitrogens with zero attached hydrogens (tertiary/aromatic N) is 2. The lowest BCUT2D eigenvalue weighted by atomic mass is 10.0. The number of para-hydroxylation sites is 1. The summed E-state index contributed by atoms with van der Waals surface area (Å²) in [6.45, 7) is 5.15. The van der Waals surface area contributed by atoms with Gasteiger partial charge in [0, 0.05) is 25.2 Å².